The molecule has 0 radical (unpaired) electrons. The SMILES string of the molecule is COc1ccc2oc(C)c(C(=O)N3CCCC3(COC(C)=O)CC(=O)N3CCCC3)c2c1. The minimum absolute atomic E-state index is 0.00444. The lowest BCUT2D eigenvalue weighted by Gasteiger charge is -2.38. The summed E-state index contributed by atoms with van der Waals surface area (Å²) >= 11 is 0. The number of aryl methyl sites for hydroxylation is 1. The van der Waals surface area contributed by atoms with Crippen LogP contribution in [0.1, 0.15) is 55.1 Å². The third-order valence-electron chi connectivity index (χ3n) is 6.61. The third kappa shape index (κ3) is 4.06. The van der Waals surface area contributed by atoms with Crippen LogP contribution in [0.15, 0.2) is 22.6 Å². The van der Waals surface area contributed by atoms with Crippen LogP contribution in [0.25, 0.3) is 11.0 Å². The molecule has 2 aliphatic rings. The molecule has 2 aliphatic heterocycles. The van der Waals surface area contributed by atoms with Crippen LogP contribution >= 0.6 is 0 Å². The van der Waals surface area contributed by atoms with Gasteiger partial charge >= 0.3 is 5.97 Å². The number of furan rings is 1. The van der Waals surface area contributed by atoms with Gasteiger partial charge in [0.15, 0.2) is 0 Å². The summed E-state index contributed by atoms with van der Waals surface area (Å²) in [5.41, 5.74) is 0.198. The molecule has 0 N–H and O–H groups in total. The van der Waals surface area contributed by atoms with Gasteiger partial charge in [-0.25, -0.2) is 0 Å². The first-order valence-electron chi connectivity index (χ1n) is 11.1. The highest BCUT2D eigenvalue weighted by atomic mass is 16.5. The Morgan fingerprint density at radius 2 is 1.88 bits per heavy atom. The summed E-state index contributed by atoms with van der Waals surface area (Å²) in [5, 5.41) is 0.672. The van der Waals surface area contributed by atoms with Crippen LogP contribution in [0.2, 0.25) is 0 Å². The van der Waals surface area contributed by atoms with E-state index in [-0.39, 0.29) is 24.8 Å². The van der Waals surface area contributed by atoms with Crippen molar-refractivity contribution in [2.75, 3.05) is 33.4 Å². The van der Waals surface area contributed by atoms with Gasteiger partial charge in [0.2, 0.25) is 5.91 Å². The van der Waals surface area contributed by atoms with Crippen molar-refractivity contribution in [2.45, 2.75) is 51.5 Å². The number of likely N-dealkylation sites (tertiary alicyclic amines) is 2. The molecule has 0 bridgehead atoms. The number of methoxy groups -OCH3 is 1. The molecular formula is C24H30N2O6. The number of hydrogen-bond acceptors (Lipinski definition) is 6. The quantitative estimate of drug-likeness (QED) is 0.638. The molecule has 4 rings (SSSR count). The number of fused-ring (bicyclic) bond motifs is 1. The lowest BCUT2D eigenvalue weighted by atomic mass is 9.91. The third-order valence-corrected chi connectivity index (χ3v) is 6.61. The predicted octanol–water partition coefficient (Wildman–Crippen LogP) is 3.30. The van der Waals surface area contributed by atoms with E-state index < -0.39 is 11.5 Å². The number of rotatable bonds is 6. The van der Waals surface area contributed by atoms with Crippen molar-refractivity contribution in [3.8, 4) is 5.75 Å². The number of ether oxygens (including phenoxy) is 2. The lowest BCUT2D eigenvalue weighted by molar-refractivity contribution is -0.147. The Kier molecular flexibility index (Phi) is 6.13. The minimum atomic E-state index is -0.864. The van der Waals surface area contributed by atoms with Crippen LogP contribution < -0.4 is 4.74 Å². The molecule has 32 heavy (non-hydrogen) atoms. The van der Waals surface area contributed by atoms with Crippen LogP contribution in [0.4, 0.5) is 0 Å². The lowest BCUT2D eigenvalue weighted by Crippen LogP contribution is -2.53. The smallest absolute Gasteiger partial charge is 0.302 e. The normalized spacial score (nSPS) is 20.7. The monoisotopic (exact) mass is 442 g/mol. The van der Waals surface area contributed by atoms with Gasteiger partial charge in [0.05, 0.1) is 24.6 Å². The van der Waals surface area contributed by atoms with Crippen molar-refractivity contribution in [3.63, 3.8) is 0 Å². The first kappa shape index (κ1) is 22.2. The molecule has 1 aromatic carbocycles. The van der Waals surface area contributed by atoms with Crippen LogP contribution in [0, 0.1) is 6.92 Å². The Hall–Kier alpha value is -3.03. The van der Waals surface area contributed by atoms with Crippen molar-refractivity contribution in [3.05, 3.63) is 29.5 Å². The first-order valence-corrected chi connectivity index (χ1v) is 11.1. The molecule has 8 heteroatoms. The number of hydrogen-bond donors (Lipinski definition) is 0. The zero-order chi connectivity index (χ0) is 22.9. The van der Waals surface area contributed by atoms with Crippen LogP contribution in [0.5, 0.6) is 5.75 Å². The Balaban J connectivity index is 1.70. The second-order valence-electron chi connectivity index (χ2n) is 8.72. The van der Waals surface area contributed by atoms with Gasteiger partial charge in [-0.15, -0.1) is 0 Å². The van der Waals surface area contributed by atoms with E-state index in [1.54, 1.807) is 37.1 Å². The standard InChI is InChI=1S/C24H30N2O6/c1-16-22(19-13-18(30-3)7-8-20(19)32-16)23(29)26-12-6-9-24(26,15-31-17(2)27)14-21(28)25-10-4-5-11-25/h7-8,13H,4-6,9-12,14-15H2,1-3H3. The molecule has 3 heterocycles. The zero-order valence-electron chi connectivity index (χ0n) is 18.9. The number of carbonyl (C=O) groups excluding carboxylic acids is 3. The topological polar surface area (TPSA) is 89.3 Å². The summed E-state index contributed by atoms with van der Waals surface area (Å²) in [6, 6.07) is 5.36. The van der Waals surface area contributed by atoms with Gasteiger partial charge in [0, 0.05) is 31.9 Å². The Labute approximate surface area is 187 Å². The van der Waals surface area contributed by atoms with Gasteiger partial charge in [-0.05, 0) is 50.8 Å². The van der Waals surface area contributed by atoms with E-state index in [2.05, 4.69) is 0 Å². The summed E-state index contributed by atoms with van der Waals surface area (Å²) < 4.78 is 16.6. The highest BCUT2D eigenvalue weighted by Gasteiger charge is 2.48. The summed E-state index contributed by atoms with van der Waals surface area (Å²) in [7, 11) is 1.57. The van der Waals surface area contributed by atoms with Gasteiger partial charge in [-0.2, -0.15) is 0 Å². The maximum Gasteiger partial charge on any atom is 0.302 e. The van der Waals surface area contributed by atoms with Crippen LogP contribution in [0.3, 0.4) is 0 Å². The maximum absolute atomic E-state index is 13.9. The largest absolute Gasteiger partial charge is 0.497 e. The molecule has 172 valence electrons. The number of benzene rings is 1. The summed E-state index contributed by atoms with van der Waals surface area (Å²) in [4.78, 5) is 42.2. The molecule has 8 nitrogen and oxygen atoms in total. The van der Waals surface area contributed by atoms with E-state index in [4.69, 9.17) is 13.9 Å². The summed E-state index contributed by atoms with van der Waals surface area (Å²) in [5.74, 6) is 0.506. The van der Waals surface area contributed by atoms with Crippen molar-refractivity contribution in [1.82, 2.24) is 9.80 Å². The van der Waals surface area contributed by atoms with Crippen molar-refractivity contribution < 1.29 is 28.3 Å². The molecule has 2 saturated heterocycles. The maximum atomic E-state index is 13.9. The fourth-order valence-corrected chi connectivity index (χ4v) is 4.96. The predicted molar refractivity (Wildman–Crippen MR) is 118 cm³/mol. The summed E-state index contributed by atoms with van der Waals surface area (Å²) in [6.07, 6.45) is 3.47. The molecule has 0 saturated carbocycles. The van der Waals surface area contributed by atoms with Crippen LogP contribution in [-0.2, 0) is 14.3 Å². The highest BCUT2D eigenvalue weighted by Crippen LogP contribution is 2.38. The molecule has 1 aromatic heterocycles. The second-order valence-corrected chi connectivity index (χ2v) is 8.72. The van der Waals surface area contributed by atoms with Gasteiger partial charge in [-0.3, -0.25) is 14.4 Å². The fourth-order valence-electron chi connectivity index (χ4n) is 4.96. The molecule has 2 fully saturated rings. The van der Waals surface area contributed by atoms with Crippen molar-refractivity contribution in [2.24, 2.45) is 0 Å². The summed E-state index contributed by atoms with van der Waals surface area (Å²) in [6.45, 7) is 5.08. The molecule has 1 atom stereocenters. The van der Waals surface area contributed by atoms with Gasteiger partial charge in [-0.1, -0.05) is 0 Å². The first-order chi connectivity index (χ1) is 15.3. The van der Waals surface area contributed by atoms with E-state index in [1.165, 1.54) is 6.92 Å². The van der Waals surface area contributed by atoms with Gasteiger partial charge in [0.25, 0.3) is 5.91 Å². The average molecular weight is 443 g/mol. The Morgan fingerprint density at radius 1 is 1.12 bits per heavy atom. The van der Waals surface area contributed by atoms with E-state index in [0.29, 0.717) is 41.0 Å². The van der Waals surface area contributed by atoms with Gasteiger partial charge < -0.3 is 23.7 Å². The average Bonchev–Trinajstić information content (AvgIpc) is 3.50. The Morgan fingerprint density at radius 3 is 2.56 bits per heavy atom. The van der Waals surface area contributed by atoms with Crippen molar-refractivity contribution in [1.29, 1.82) is 0 Å². The van der Waals surface area contributed by atoms with Crippen LogP contribution in [-0.4, -0.2) is 66.5 Å². The number of nitrogens with zero attached hydrogens (tertiary/aromatic N) is 2. The fraction of sp³-hybridized carbons (Fsp3) is 0.542. The second kappa shape index (κ2) is 8.84. The van der Waals surface area contributed by atoms with E-state index in [1.807, 2.05) is 4.90 Å². The molecule has 1 unspecified atom stereocenters. The highest BCUT2D eigenvalue weighted by molar-refractivity contribution is 6.08. The molecular weight excluding hydrogens is 412 g/mol. The number of esters is 1. The zero-order valence-corrected chi connectivity index (χ0v) is 18.9. The molecule has 2 amide bonds. The van der Waals surface area contributed by atoms with E-state index in [0.717, 1.165) is 32.4 Å². The number of amides is 2. The minimum Gasteiger partial charge on any atom is -0.497 e. The number of carbonyl (C=O) groups is 3. The molecule has 2 aromatic rings. The molecule has 0 aliphatic carbocycles. The van der Waals surface area contributed by atoms with Crippen molar-refractivity contribution >= 4 is 28.8 Å². The van der Waals surface area contributed by atoms with E-state index >= 15 is 0 Å². The Bertz CT molecular complexity index is 1040. The molecule has 0 spiro atoms. The van der Waals surface area contributed by atoms with Gasteiger partial charge in [0.1, 0.15) is 23.7 Å². The van der Waals surface area contributed by atoms with E-state index in [9.17, 15) is 14.4 Å².